The number of carbonyl (C=O) groups is 1. The number of amides is 1. The maximum absolute atomic E-state index is 11.6. The van der Waals surface area contributed by atoms with Crippen molar-refractivity contribution in [2.45, 2.75) is 19.5 Å². The van der Waals surface area contributed by atoms with Crippen molar-refractivity contribution in [3.8, 4) is 0 Å². The van der Waals surface area contributed by atoms with E-state index in [-0.39, 0.29) is 6.61 Å². The van der Waals surface area contributed by atoms with Gasteiger partial charge in [0.15, 0.2) is 6.04 Å². The summed E-state index contributed by atoms with van der Waals surface area (Å²) >= 11 is 0. The Labute approximate surface area is 116 Å². The van der Waals surface area contributed by atoms with E-state index < -0.39 is 11.9 Å². The monoisotopic (exact) mass is 275 g/mol. The molecule has 4 N–H and O–H groups in total. The lowest BCUT2D eigenvalue weighted by Crippen LogP contribution is -2.28. The zero-order valence-corrected chi connectivity index (χ0v) is 11.2. The molecule has 2 rings (SSSR count). The fraction of sp³-hybridized carbons (Fsp3) is 0.308. The van der Waals surface area contributed by atoms with E-state index in [1.165, 1.54) is 4.68 Å². The molecule has 0 aliphatic rings. The van der Waals surface area contributed by atoms with Gasteiger partial charge in [-0.05, 0) is 19.1 Å². The molecule has 0 bridgehead atoms. The number of hydrogen-bond acceptors (Lipinski definition) is 5. The number of nitrogens with two attached hydrogens (primary N) is 1. The molecule has 0 aliphatic heterocycles. The van der Waals surface area contributed by atoms with Crippen molar-refractivity contribution in [1.82, 2.24) is 15.0 Å². The fourth-order valence-corrected chi connectivity index (χ4v) is 1.76. The zero-order chi connectivity index (χ0) is 14.5. The first-order chi connectivity index (χ1) is 9.60. The Balaban J connectivity index is 2.17. The lowest BCUT2D eigenvalue weighted by atomic mass is 10.1. The Bertz CT molecular complexity index is 579. The number of hydrogen-bond donors (Lipinski definition) is 3. The molecule has 20 heavy (non-hydrogen) atoms. The molecule has 0 radical (unpaired) electrons. The molecule has 1 amide bonds. The molecule has 7 nitrogen and oxygen atoms in total. The number of aryl methyl sites for hydroxylation is 1. The third-order valence-corrected chi connectivity index (χ3v) is 2.83. The molecule has 106 valence electrons. The molecule has 0 saturated heterocycles. The Morgan fingerprint density at radius 3 is 2.75 bits per heavy atom. The van der Waals surface area contributed by atoms with E-state index in [2.05, 4.69) is 15.6 Å². The van der Waals surface area contributed by atoms with Crippen LogP contribution in [0.3, 0.4) is 0 Å². The molecule has 2 aromatic rings. The van der Waals surface area contributed by atoms with Gasteiger partial charge in [0, 0.05) is 5.69 Å². The van der Waals surface area contributed by atoms with Gasteiger partial charge in [0.2, 0.25) is 5.91 Å². The molecule has 1 aromatic heterocycles. The van der Waals surface area contributed by atoms with Crippen molar-refractivity contribution in [2.75, 3.05) is 11.9 Å². The van der Waals surface area contributed by atoms with Crippen molar-refractivity contribution < 1.29 is 9.90 Å². The first kappa shape index (κ1) is 14.0. The van der Waals surface area contributed by atoms with Gasteiger partial charge in [-0.25, -0.2) is 4.68 Å². The number of carbonyl (C=O) groups excluding carboxylic acids is 1. The summed E-state index contributed by atoms with van der Waals surface area (Å²) in [6, 6.07) is 6.84. The second-order valence-corrected chi connectivity index (χ2v) is 4.48. The molecular formula is C13H17N5O2. The number of benzene rings is 1. The standard InChI is InChI=1S/C13H17N5O2/c1-9-2-4-10(5-3-9)15-12(13(14)20)11-8-18(6-7-19)17-16-11/h2-5,8,12,15,19H,6-7H2,1H3,(H2,14,20). The molecule has 0 aliphatic carbocycles. The van der Waals surface area contributed by atoms with Gasteiger partial charge in [-0.15, -0.1) is 5.10 Å². The summed E-state index contributed by atoms with van der Waals surface area (Å²) in [7, 11) is 0. The van der Waals surface area contributed by atoms with E-state index in [0.717, 1.165) is 11.3 Å². The average Bonchev–Trinajstić information content (AvgIpc) is 2.86. The summed E-state index contributed by atoms with van der Waals surface area (Å²) in [5.41, 5.74) is 7.72. The number of aromatic nitrogens is 3. The summed E-state index contributed by atoms with van der Waals surface area (Å²) in [5, 5.41) is 19.6. The van der Waals surface area contributed by atoms with Gasteiger partial charge in [0.1, 0.15) is 5.69 Å². The Kier molecular flexibility index (Phi) is 4.31. The van der Waals surface area contributed by atoms with Gasteiger partial charge >= 0.3 is 0 Å². The van der Waals surface area contributed by atoms with Crippen LogP contribution in [-0.4, -0.2) is 32.6 Å². The number of nitrogens with zero attached hydrogens (tertiary/aromatic N) is 3. The first-order valence-corrected chi connectivity index (χ1v) is 6.23. The maximum Gasteiger partial charge on any atom is 0.246 e. The fourth-order valence-electron chi connectivity index (χ4n) is 1.76. The molecule has 0 fully saturated rings. The number of aliphatic hydroxyl groups is 1. The zero-order valence-electron chi connectivity index (χ0n) is 11.2. The van der Waals surface area contributed by atoms with E-state index in [0.29, 0.717) is 12.2 Å². The predicted molar refractivity (Wildman–Crippen MR) is 73.8 cm³/mol. The van der Waals surface area contributed by atoms with E-state index in [4.69, 9.17) is 10.8 Å². The molecule has 0 saturated carbocycles. The lowest BCUT2D eigenvalue weighted by molar-refractivity contribution is -0.118. The Morgan fingerprint density at radius 1 is 1.45 bits per heavy atom. The highest BCUT2D eigenvalue weighted by Gasteiger charge is 2.21. The second kappa shape index (κ2) is 6.16. The SMILES string of the molecule is Cc1ccc(NC(C(N)=O)c2cn(CCO)nn2)cc1. The minimum atomic E-state index is -0.759. The lowest BCUT2D eigenvalue weighted by Gasteiger charge is -2.14. The van der Waals surface area contributed by atoms with E-state index in [1.54, 1.807) is 6.20 Å². The van der Waals surface area contributed by atoms with Crippen LogP contribution in [-0.2, 0) is 11.3 Å². The van der Waals surface area contributed by atoms with Gasteiger partial charge in [0.05, 0.1) is 19.3 Å². The molecule has 0 spiro atoms. The normalized spacial score (nSPS) is 12.1. The topological polar surface area (TPSA) is 106 Å². The maximum atomic E-state index is 11.6. The highest BCUT2D eigenvalue weighted by Crippen LogP contribution is 2.18. The van der Waals surface area contributed by atoms with Crippen LogP contribution in [0.25, 0.3) is 0 Å². The first-order valence-electron chi connectivity index (χ1n) is 6.23. The van der Waals surface area contributed by atoms with E-state index in [9.17, 15) is 4.79 Å². The van der Waals surface area contributed by atoms with Crippen molar-refractivity contribution in [1.29, 1.82) is 0 Å². The summed E-state index contributed by atoms with van der Waals surface area (Å²) in [4.78, 5) is 11.6. The number of primary amides is 1. The highest BCUT2D eigenvalue weighted by atomic mass is 16.3. The van der Waals surface area contributed by atoms with E-state index >= 15 is 0 Å². The number of aliphatic hydroxyl groups excluding tert-OH is 1. The van der Waals surface area contributed by atoms with Gasteiger partial charge in [-0.3, -0.25) is 4.79 Å². The third kappa shape index (κ3) is 3.33. The van der Waals surface area contributed by atoms with Crippen LogP contribution in [0, 0.1) is 6.92 Å². The number of rotatable bonds is 6. The smallest absolute Gasteiger partial charge is 0.246 e. The Morgan fingerprint density at radius 2 is 2.15 bits per heavy atom. The molecule has 1 heterocycles. The van der Waals surface area contributed by atoms with Crippen LogP contribution in [0.2, 0.25) is 0 Å². The summed E-state index contributed by atoms with van der Waals surface area (Å²) in [5.74, 6) is -0.540. The summed E-state index contributed by atoms with van der Waals surface area (Å²) in [6.07, 6.45) is 1.59. The number of anilines is 1. The summed E-state index contributed by atoms with van der Waals surface area (Å²) in [6.45, 7) is 2.26. The number of nitrogens with one attached hydrogen (secondary N) is 1. The van der Waals surface area contributed by atoms with Crippen LogP contribution in [0.5, 0.6) is 0 Å². The van der Waals surface area contributed by atoms with Crippen LogP contribution in [0.4, 0.5) is 5.69 Å². The quantitative estimate of drug-likeness (QED) is 0.699. The minimum absolute atomic E-state index is 0.0462. The van der Waals surface area contributed by atoms with Crippen LogP contribution in [0.15, 0.2) is 30.5 Å². The van der Waals surface area contributed by atoms with Crippen LogP contribution in [0.1, 0.15) is 17.3 Å². The molecule has 1 aromatic carbocycles. The van der Waals surface area contributed by atoms with Crippen molar-refractivity contribution >= 4 is 11.6 Å². The second-order valence-electron chi connectivity index (χ2n) is 4.48. The highest BCUT2D eigenvalue weighted by molar-refractivity contribution is 5.83. The largest absolute Gasteiger partial charge is 0.394 e. The van der Waals surface area contributed by atoms with Gasteiger partial charge in [-0.2, -0.15) is 0 Å². The van der Waals surface area contributed by atoms with Gasteiger partial charge < -0.3 is 16.2 Å². The van der Waals surface area contributed by atoms with Crippen LogP contribution >= 0.6 is 0 Å². The van der Waals surface area contributed by atoms with Gasteiger partial charge in [-0.1, -0.05) is 22.9 Å². The Hall–Kier alpha value is -2.41. The van der Waals surface area contributed by atoms with Crippen LogP contribution < -0.4 is 11.1 Å². The van der Waals surface area contributed by atoms with Crippen molar-refractivity contribution in [2.24, 2.45) is 5.73 Å². The van der Waals surface area contributed by atoms with Crippen molar-refractivity contribution in [3.63, 3.8) is 0 Å². The molecule has 1 atom stereocenters. The predicted octanol–water partition coefficient (Wildman–Crippen LogP) is 0.217. The van der Waals surface area contributed by atoms with E-state index in [1.807, 2.05) is 31.2 Å². The average molecular weight is 275 g/mol. The molecule has 7 heteroatoms. The third-order valence-electron chi connectivity index (χ3n) is 2.83. The minimum Gasteiger partial charge on any atom is -0.394 e. The van der Waals surface area contributed by atoms with Crippen molar-refractivity contribution in [3.05, 3.63) is 41.7 Å². The summed E-state index contributed by atoms with van der Waals surface area (Å²) < 4.78 is 1.46. The molecular weight excluding hydrogens is 258 g/mol. The van der Waals surface area contributed by atoms with Gasteiger partial charge in [0.25, 0.3) is 0 Å². The molecule has 1 unspecified atom stereocenters.